The second-order valence-electron chi connectivity index (χ2n) is 5.38. The molecule has 20 heavy (non-hydrogen) atoms. The number of nitrogens with one attached hydrogen (secondary N) is 1. The van der Waals surface area contributed by atoms with Crippen LogP contribution in [0.25, 0.3) is 0 Å². The molecule has 106 valence electrons. The smallest absolute Gasteiger partial charge is 0.251 e. The number of halogens is 1. The van der Waals surface area contributed by atoms with Crippen molar-refractivity contribution in [2.75, 3.05) is 6.61 Å². The van der Waals surface area contributed by atoms with E-state index in [1.165, 1.54) is 0 Å². The molecule has 0 radical (unpaired) electrons. The van der Waals surface area contributed by atoms with Gasteiger partial charge in [-0.2, -0.15) is 0 Å². The van der Waals surface area contributed by atoms with Gasteiger partial charge in [0.1, 0.15) is 6.61 Å². The number of carbonyl (C=O) groups excluding carboxylic acids is 1. The molecule has 1 fully saturated rings. The van der Waals surface area contributed by atoms with Crippen LogP contribution in [0.1, 0.15) is 48.5 Å². The van der Waals surface area contributed by atoms with Crippen molar-refractivity contribution in [2.45, 2.75) is 38.1 Å². The zero-order chi connectivity index (χ0) is 14.6. The van der Waals surface area contributed by atoms with Crippen LogP contribution in [0.4, 0.5) is 0 Å². The Kier molecular flexibility index (Phi) is 4.69. The molecule has 0 atom stereocenters. The number of rotatable bonds is 2. The molecule has 1 aliphatic carbocycles. The van der Waals surface area contributed by atoms with Crippen LogP contribution in [0.2, 0.25) is 5.02 Å². The lowest BCUT2D eigenvalue weighted by molar-refractivity contribution is 0.0908. The van der Waals surface area contributed by atoms with Gasteiger partial charge < -0.3 is 10.4 Å². The Bertz CT molecular complexity index is 566. The predicted octanol–water partition coefficient (Wildman–Crippen LogP) is 2.75. The monoisotopic (exact) mass is 291 g/mol. The minimum Gasteiger partial charge on any atom is -0.384 e. The molecule has 0 aromatic heterocycles. The van der Waals surface area contributed by atoms with Crippen LogP contribution >= 0.6 is 11.6 Å². The Labute approximate surface area is 124 Å². The highest BCUT2D eigenvalue weighted by atomic mass is 35.5. The van der Waals surface area contributed by atoms with Gasteiger partial charge in [0.05, 0.1) is 5.02 Å². The Morgan fingerprint density at radius 1 is 1.45 bits per heavy atom. The number of hydrogen-bond acceptors (Lipinski definition) is 2. The summed E-state index contributed by atoms with van der Waals surface area (Å²) in [6.45, 7) is 1.87. The maximum atomic E-state index is 12.2. The minimum absolute atomic E-state index is 0.0983. The molecule has 1 aromatic carbocycles. The van der Waals surface area contributed by atoms with E-state index in [1.807, 2.05) is 0 Å². The van der Waals surface area contributed by atoms with Crippen LogP contribution in [0.3, 0.4) is 0 Å². The van der Waals surface area contributed by atoms with Gasteiger partial charge >= 0.3 is 0 Å². The van der Waals surface area contributed by atoms with Crippen molar-refractivity contribution in [2.24, 2.45) is 0 Å². The zero-order valence-corrected chi connectivity index (χ0v) is 12.3. The summed E-state index contributed by atoms with van der Waals surface area (Å²) in [4.78, 5) is 12.2. The predicted molar refractivity (Wildman–Crippen MR) is 79.8 cm³/mol. The van der Waals surface area contributed by atoms with Crippen molar-refractivity contribution >= 4 is 17.5 Å². The third kappa shape index (κ3) is 3.53. The average Bonchev–Trinajstić information content (AvgIpc) is 2.83. The van der Waals surface area contributed by atoms with Gasteiger partial charge in [-0.15, -0.1) is 0 Å². The van der Waals surface area contributed by atoms with Gasteiger partial charge in [-0.25, -0.2) is 0 Å². The van der Waals surface area contributed by atoms with Gasteiger partial charge in [-0.1, -0.05) is 36.3 Å². The molecule has 0 saturated heterocycles. The maximum absolute atomic E-state index is 12.2. The third-order valence-electron chi connectivity index (χ3n) is 3.66. The highest BCUT2D eigenvalue weighted by Crippen LogP contribution is 2.29. The highest BCUT2D eigenvalue weighted by molar-refractivity contribution is 6.32. The summed E-state index contributed by atoms with van der Waals surface area (Å²) in [7, 11) is 0. The van der Waals surface area contributed by atoms with E-state index in [4.69, 9.17) is 16.7 Å². The molecule has 0 bridgehead atoms. The third-order valence-corrected chi connectivity index (χ3v) is 3.97. The maximum Gasteiger partial charge on any atom is 0.251 e. The van der Waals surface area contributed by atoms with Gasteiger partial charge in [-0.3, -0.25) is 4.79 Å². The van der Waals surface area contributed by atoms with Gasteiger partial charge in [0, 0.05) is 16.7 Å². The molecule has 1 amide bonds. The molecule has 0 aliphatic heterocycles. The molecular formula is C16H18ClNO2. The van der Waals surface area contributed by atoms with Crippen molar-refractivity contribution in [1.82, 2.24) is 5.32 Å². The molecule has 0 unspecified atom stereocenters. The summed E-state index contributed by atoms with van der Waals surface area (Å²) < 4.78 is 0. The lowest BCUT2D eigenvalue weighted by atomic mass is 10.00. The summed E-state index contributed by atoms with van der Waals surface area (Å²) in [5.41, 5.74) is 1.06. The number of hydrogen-bond donors (Lipinski definition) is 2. The summed E-state index contributed by atoms with van der Waals surface area (Å²) >= 11 is 6.10. The van der Waals surface area contributed by atoms with Gasteiger partial charge in [0.25, 0.3) is 5.91 Å². The molecule has 1 aromatic rings. The average molecular weight is 292 g/mol. The molecule has 2 rings (SSSR count). The highest BCUT2D eigenvalue weighted by Gasteiger charge is 2.30. The molecule has 1 aliphatic rings. The van der Waals surface area contributed by atoms with E-state index < -0.39 is 0 Å². The number of aliphatic hydroxyl groups excluding tert-OH is 1. The number of benzene rings is 1. The topological polar surface area (TPSA) is 49.3 Å². The number of aliphatic hydroxyl groups is 1. The molecule has 3 nitrogen and oxygen atoms in total. The largest absolute Gasteiger partial charge is 0.384 e. The number of carbonyl (C=O) groups is 1. The van der Waals surface area contributed by atoms with Crippen molar-refractivity contribution in [3.05, 3.63) is 34.3 Å². The Morgan fingerprint density at radius 3 is 2.75 bits per heavy atom. The molecule has 2 N–H and O–H groups in total. The van der Waals surface area contributed by atoms with Crippen LogP contribution in [-0.2, 0) is 0 Å². The molecule has 4 heteroatoms. The van der Waals surface area contributed by atoms with Gasteiger partial charge in [-0.05, 0) is 38.0 Å². The molecular weight excluding hydrogens is 274 g/mol. The fourth-order valence-corrected chi connectivity index (χ4v) is 2.75. The first-order chi connectivity index (χ1) is 9.54. The lowest BCUT2D eigenvalue weighted by Crippen LogP contribution is -2.43. The van der Waals surface area contributed by atoms with E-state index in [9.17, 15) is 4.79 Å². The molecule has 0 spiro atoms. The fraction of sp³-hybridized carbons (Fsp3) is 0.438. The van der Waals surface area contributed by atoms with Crippen LogP contribution < -0.4 is 5.32 Å². The Morgan fingerprint density at radius 2 is 2.15 bits per heavy atom. The SMILES string of the molecule is CC1(NC(=O)c2ccc(C#CCO)c(Cl)c2)CCCC1. The van der Waals surface area contributed by atoms with E-state index in [2.05, 4.69) is 24.1 Å². The first kappa shape index (κ1) is 14.9. The van der Waals surface area contributed by atoms with Crippen LogP contribution in [0.15, 0.2) is 18.2 Å². The zero-order valence-electron chi connectivity index (χ0n) is 11.5. The summed E-state index contributed by atoms with van der Waals surface area (Å²) in [5, 5.41) is 12.2. The number of amides is 1. The second kappa shape index (κ2) is 6.30. The quantitative estimate of drug-likeness (QED) is 0.823. The van der Waals surface area contributed by atoms with Crippen molar-refractivity contribution in [3.8, 4) is 11.8 Å². The van der Waals surface area contributed by atoms with Crippen LogP contribution in [-0.4, -0.2) is 23.2 Å². The first-order valence-corrected chi connectivity index (χ1v) is 7.14. The van der Waals surface area contributed by atoms with E-state index in [0.29, 0.717) is 16.1 Å². The van der Waals surface area contributed by atoms with Crippen LogP contribution in [0, 0.1) is 11.8 Å². The Hall–Kier alpha value is -1.50. The van der Waals surface area contributed by atoms with E-state index in [1.54, 1.807) is 18.2 Å². The van der Waals surface area contributed by atoms with E-state index in [0.717, 1.165) is 25.7 Å². The van der Waals surface area contributed by atoms with Crippen molar-refractivity contribution < 1.29 is 9.90 Å². The normalized spacial score (nSPS) is 16.4. The first-order valence-electron chi connectivity index (χ1n) is 6.76. The molecule has 1 saturated carbocycles. The van der Waals surface area contributed by atoms with Gasteiger partial charge in [0.2, 0.25) is 0 Å². The van der Waals surface area contributed by atoms with E-state index in [-0.39, 0.29) is 18.1 Å². The van der Waals surface area contributed by atoms with Crippen molar-refractivity contribution in [3.63, 3.8) is 0 Å². The second-order valence-corrected chi connectivity index (χ2v) is 5.78. The van der Waals surface area contributed by atoms with Crippen LogP contribution in [0.5, 0.6) is 0 Å². The summed E-state index contributed by atoms with van der Waals surface area (Å²) in [6, 6.07) is 5.04. The lowest BCUT2D eigenvalue weighted by Gasteiger charge is -2.25. The fourth-order valence-electron chi connectivity index (χ4n) is 2.52. The van der Waals surface area contributed by atoms with Crippen molar-refractivity contribution in [1.29, 1.82) is 0 Å². The Balaban J connectivity index is 2.13. The van der Waals surface area contributed by atoms with Gasteiger partial charge in [0.15, 0.2) is 0 Å². The standard InChI is InChI=1S/C16H18ClNO2/c1-16(8-2-3-9-16)18-15(20)13-7-6-12(5-4-10-19)14(17)11-13/h6-7,11,19H,2-3,8-10H2,1H3,(H,18,20). The molecule has 0 heterocycles. The minimum atomic E-state index is -0.211. The summed E-state index contributed by atoms with van der Waals surface area (Å²) in [5.74, 6) is 5.19. The summed E-state index contributed by atoms with van der Waals surface area (Å²) in [6.07, 6.45) is 4.36. The van der Waals surface area contributed by atoms with E-state index >= 15 is 0 Å².